The highest BCUT2D eigenvalue weighted by molar-refractivity contribution is 7.90. The Bertz CT molecular complexity index is 1680. The molecule has 0 saturated heterocycles. The van der Waals surface area contributed by atoms with Crippen molar-refractivity contribution in [3.8, 4) is 28.5 Å². The molecular weight excluding hydrogens is 485 g/mol. The van der Waals surface area contributed by atoms with E-state index in [1.54, 1.807) is 6.20 Å². The van der Waals surface area contributed by atoms with Crippen LogP contribution < -0.4 is 4.74 Å². The third-order valence-corrected chi connectivity index (χ3v) is 7.12. The number of hydrogen-bond acceptors (Lipinski definition) is 6. The average Bonchev–Trinajstić information content (AvgIpc) is 3.56. The van der Waals surface area contributed by atoms with Gasteiger partial charge in [0.1, 0.15) is 27.7 Å². The minimum absolute atomic E-state index is 0.147. The van der Waals surface area contributed by atoms with Crippen molar-refractivity contribution in [2.75, 3.05) is 7.11 Å². The second-order valence-electron chi connectivity index (χ2n) is 7.69. The number of hydrogen-bond donors (Lipinski definition) is 2. The van der Waals surface area contributed by atoms with Gasteiger partial charge in [-0.05, 0) is 12.1 Å². The lowest BCUT2D eigenvalue weighted by Crippen LogP contribution is -2.09. The molecule has 5 aromatic rings. The monoisotopic (exact) mass is 502 g/mol. The molecule has 0 fully saturated rings. The Labute approximate surface area is 196 Å². The molecule has 9 nitrogen and oxygen atoms in total. The number of methoxy groups -OCH3 is 1. The summed E-state index contributed by atoms with van der Waals surface area (Å²) in [6.07, 6.45) is 4.31. The Hall–Kier alpha value is -4.13. The molecule has 3 aromatic heterocycles. The number of sulfone groups is 1. The van der Waals surface area contributed by atoms with Crippen LogP contribution in [0.1, 0.15) is 5.56 Å². The van der Waals surface area contributed by atoms with E-state index in [2.05, 4.69) is 25.3 Å². The summed E-state index contributed by atoms with van der Waals surface area (Å²) in [5.74, 6) is -3.78. The van der Waals surface area contributed by atoms with E-state index in [0.29, 0.717) is 16.9 Å². The first-order valence-electron chi connectivity index (χ1n) is 10.1. The van der Waals surface area contributed by atoms with E-state index in [-0.39, 0.29) is 21.9 Å². The lowest BCUT2D eigenvalue weighted by Gasteiger charge is -2.12. The molecule has 35 heavy (non-hydrogen) atoms. The summed E-state index contributed by atoms with van der Waals surface area (Å²) in [6.45, 7) is 0. The van der Waals surface area contributed by atoms with Crippen LogP contribution in [0.4, 0.5) is 13.2 Å². The maximum absolute atomic E-state index is 15.5. The fourth-order valence-electron chi connectivity index (χ4n) is 3.86. The normalized spacial score (nSPS) is 11.9. The van der Waals surface area contributed by atoms with E-state index in [4.69, 9.17) is 4.74 Å². The van der Waals surface area contributed by atoms with Crippen LogP contribution in [0.2, 0.25) is 0 Å². The number of H-pyrrole nitrogens is 2. The van der Waals surface area contributed by atoms with Crippen LogP contribution in [0.25, 0.3) is 33.5 Å². The third kappa shape index (κ3) is 3.73. The highest BCUT2D eigenvalue weighted by Gasteiger charge is 2.28. The molecule has 0 atom stereocenters. The molecule has 0 spiro atoms. The second-order valence-corrected chi connectivity index (χ2v) is 9.65. The Kier molecular flexibility index (Phi) is 5.35. The van der Waals surface area contributed by atoms with Crippen LogP contribution in [0.3, 0.4) is 0 Å². The number of benzene rings is 2. The zero-order valence-electron chi connectivity index (χ0n) is 18.3. The number of fused-ring (bicyclic) bond motifs is 1. The Morgan fingerprint density at radius 1 is 1.11 bits per heavy atom. The Balaban J connectivity index is 1.60. The molecule has 2 N–H and O–H groups in total. The average molecular weight is 502 g/mol. The lowest BCUT2D eigenvalue weighted by atomic mass is 9.99. The smallest absolute Gasteiger partial charge is 0.251 e. The zero-order chi connectivity index (χ0) is 24.9. The van der Waals surface area contributed by atoms with E-state index in [0.717, 1.165) is 12.1 Å². The van der Waals surface area contributed by atoms with Gasteiger partial charge in [0.15, 0.2) is 21.5 Å². The minimum Gasteiger partial charge on any atom is -0.479 e. The maximum atomic E-state index is 15.5. The maximum Gasteiger partial charge on any atom is 0.251 e. The van der Waals surface area contributed by atoms with E-state index in [1.807, 2.05) is 0 Å². The van der Waals surface area contributed by atoms with Gasteiger partial charge in [-0.2, -0.15) is 5.10 Å². The number of aromatic amines is 2. The predicted octanol–water partition coefficient (Wildman–Crippen LogP) is 3.75. The van der Waals surface area contributed by atoms with Gasteiger partial charge in [0, 0.05) is 42.2 Å². The first-order chi connectivity index (χ1) is 16.7. The molecule has 0 aliphatic heterocycles. The molecular formula is C22H17F3N6O3S. The summed E-state index contributed by atoms with van der Waals surface area (Å²) in [6, 6.07) is 4.57. The van der Waals surface area contributed by atoms with Crippen molar-refractivity contribution >= 4 is 20.7 Å². The number of aryl methyl sites for hydroxylation is 1. The van der Waals surface area contributed by atoms with E-state index >= 15 is 8.78 Å². The Morgan fingerprint density at radius 2 is 1.91 bits per heavy atom. The van der Waals surface area contributed by atoms with Gasteiger partial charge in [-0.15, -0.1) is 5.10 Å². The number of nitrogens with zero attached hydrogens (tertiary/aromatic N) is 4. The number of halogens is 3. The van der Waals surface area contributed by atoms with Gasteiger partial charge in [-0.1, -0.05) is 12.1 Å². The molecule has 0 radical (unpaired) electrons. The topological polar surface area (TPSA) is 119 Å². The van der Waals surface area contributed by atoms with E-state index in [1.165, 1.54) is 43.4 Å². The van der Waals surface area contributed by atoms with Gasteiger partial charge in [0.05, 0.1) is 18.4 Å². The summed E-state index contributed by atoms with van der Waals surface area (Å²) >= 11 is 0. The van der Waals surface area contributed by atoms with Crippen LogP contribution in [0, 0.1) is 17.5 Å². The second kappa shape index (κ2) is 8.27. The molecule has 3 heterocycles. The van der Waals surface area contributed by atoms with Crippen molar-refractivity contribution in [2.24, 2.45) is 7.05 Å². The van der Waals surface area contributed by atoms with Gasteiger partial charge in [0.25, 0.3) is 5.88 Å². The molecule has 5 rings (SSSR count). The van der Waals surface area contributed by atoms with Crippen molar-refractivity contribution in [2.45, 2.75) is 10.6 Å². The third-order valence-electron chi connectivity index (χ3n) is 5.48. The number of imidazole rings is 1. The van der Waals surface area contributed by atoms with Crippen molar-refractivity contribution in [1.82, 2.24) is 29.9 Å². The van der Waals surface area contributed by atoms with Crippen LogP contribution in [0.15, 0.2) is 47.8 Å². The molecule has 0 bridgehead atoms. The standard InChI is InChI=1S/C22H17F3N6O3S/c1-31-9-15(22(30-31)34-2)35(32,33)10-11-3-6-14(23)16(17(11)24)12-4-5-13-19(18(12)25)28-29-20(13)21-26-7-8-27-21/h3-9H,10H2,1-2H3,(H,26,27)(H,28,29). The molecule has 0 aliphatic rings. The van der Waals surface area contributed by atoms with Gasteiger partial charge >= 0.3 is 0 Å². The summed E-state index contributed by atoms with van der Waals surface area (Å²) in [5.41, 5.74) is -1.18. The highest BCUT2D eigenvalue weighted by atomic mass is 32.2. The number of rotatable bonds is 6. The van der Waals surface area contributed by atoms with Crippen molar-refractivity contribution < 1.29 is 26.3 Å². The molecule has 180 valence electrons. The first-order valence-corrected chi connectivity index (χ1v) is 11.8. The fourth-order valence-corrected chi connectivity index (χ4v) is 5.35. The summed E-state index contributed by atoms with van der Waals surface area (Å²) < 4.78 is 77.8. The van der Waals surface area contributed by atoms with Crippen molar-refractivity contribution in [3.05, 3.63) is 65.9 Å². The molecule has 0 amide bonds. The minimum atomic E-state index is -4.13. The van der Waals surface area contributed by atoms with Crippen LogP contribution >= 0.6 is 0 Å². The Morgan fingerprint density at radius 3 is 2.63 bits per heavy atom. The van der Waals surface area contributed by atoms with Crippen molar-refractivity contribution in [1.29, 1.82) is 0 Å². The summed E-state index contributed by atoms with van der Waals surface area (Å²) in [4.78, 5) is 6.71. The molecule has 2 aromatic carbocycles. The molecule has 0 aliphatic carbocycles. The van der Waals surface area contributed by atoms with Crippen LogP contribution in [0.5, 0.6) is 5.88 Å². The zero-order valence-corrected chi connectivity index (χ0v) is 19.1. The van der Waals surface area contributed by atoms with Crippen LogP contribution in [-0.4, -0.2) is 45.5 Å². The van der Waals surface area contributed by atoms with Gasteiger partial charge < -0.3 is 9.72 Å². The number of aromatic nitrogens is 6. The van der Waals surface area contributed by atoms with Crippen LogP contribution in [-0.2, 0) is 22.6 Å². The number of ether oxygens (including phenoxy) is 1. The van der Waals surface area contributed by atoms with Gasteiger partial charge in [0.2, 0.25) is 0 Å². The first kappa shape index (κ1) is 22.7. The van der Waals surface area contributed by atoms with Gasteiger partial charge in [-0.25, -0.2) is 26.6 Å². The molecule has 0 unspecified atom stereocenters. The quantitative estimate of drug-likeness (QED) is 0.365. The molecule has 0 saturated carbocycles. The predicted molar refractivity (Wildman–Crippen MR) is 120 cm³/mol. The van der Waals surface area contributed by atoms with E-state index < -0.39 is 44.2 Å². The summed E-state index contributed by atoms with van der Waals surface area (Å²) in [5, 5.41) is 10.9. The van der Waals surface area contributed by atoms with Gasteiger partial charge in [-0.3, -0.25) is 9.78 Å². The highest BCUT2D eigenvalue weighted by Crippen LogP contribution is 2.36. The summed E-state index contributed by atoms with van der Waals surface area (Å²) in [7, 11) is -1.37. The lowest BCUT2D eigenvalue weighted by molar-refractivity contribution is 0.382. The fraction of sp³-hybridized carbons (Fsp3) is 0.136. The number of nitrogens with one attached hydrogen (secondary N) is 2. The van der Waals surface area contributed by atoms with Crippen molar-refractivity contribution in [3.63, 3.8) is 0 Å². The molecule has 13 heteroatoms. The van der Waals surface area contributed by atoms with E-state index in [9.17, 15) is 12.8 Å². The SMILES string of the molecule is COc1nn(C)cc1S(=O)(=O)Cc1ccc(F)c(-c2ccc3c(-c4ncc[nH]4)[nH]nc3c2F)c1F. The largest absolute Gasteiger partial charge is 0.479 e.